The number of benzene rings is 1. The summed E-state index contributed by atoms with van der Waals surface area (Å²) in [5.74, 6) is 0.101. The molecule has 0 aromatic heterocycles. The maximum atomic E-state index is 12.5. The van der Waals surface area contributed by atoms with E-state index in [9.17, 15) is 4.79 Å². The average Bonchev–Trinajstić information content (AvgIpc) is 2.39. The van der Waals surface area contributed by atoms with Gasteiger partial charge in [-0.15, -0.1) is 0 Å². The molecular weight excluding hydrogens is 236 g/mol. The summed E-state index contributed by atoms with van der Waals surface area (Å²) in [5, 5.41) is 0. The Kier molecular flexibility index (Phi) is 4.59. The molecule has 1 aliphatic rings. The zero-order valence-corrected chi connectivity index (χ0v) is 11.9. The Labute approximate surface area is 115 Å². The number of nitrogens with zero attached hydrogens (tertiary/aromatic N) is 1. The van der Waals surface area contributed by atoms with Crippen LogP contribution in [-0.4, -0.2) is 28.9 Å². The Hall–Kier alpha value is -1.35. The van der Waals surface area contributed by atoms with Crippen LogP contribution < -0.4 is 5.73 Å². The summed E-state index contributed by atoms with van der Waals surface area (Å²) in [7, 11) is 0. The van der Waals surface area contributed by atoms with E-state index in [2.05, 4.69) is 13.8 Å². The fraction of sp³-hybridized carbons (Fsp3) is 0.562. The average molecular weight is 260 g/mol. The Balaban J connectivity index is 2.02. The van der Waals surface area contributed by atoms with Crippen molar-refractivity contribution in [2.45, 2.75) is 57.7 Å². The lowest BCUT2D eigenvalue weighted by molar-refractivity contribution is -0.138. The Morgan fingerprint density at radius 1 is 1.26 bits per heavy atom. The van der Waals surface area contributed by atoms with E-state index in [0.717, 1.165) is 18.4 Å². The van der Waals surface area contributed by atoms with Gasteiger partial charge in [-0.2, -0.15) is 0 Å². The first-order valence-corrected chi connectivity index (χ1v) is 7.21. The Bertz CT molecular complexity index is 408. The molecule has 2 N–H and O–H groups in total. The summed E-state index contributed by atoms with van der Waals surface area (Å²) in [6, 6.07) is 10.2. The van der Waals surface area contributed by atoms with Gasteiger partial charge >= 0.3 is 0 Å². The highest BCUT2D eigenvalue weighted by Gasteiger charge is 2.31. The first-order chi connectivity index (χ1) is 9.09. The molecule has 0 aliphatic carbocycles. The topological polar surface area (TPSA) is 46.3 Å². The molecule has 0 bridgehead atoms. The van der Waals surface area contributed by atoms with Gasteiger partial charge in [0.15, 0.2) is 0 Å². The molecule has 1 saturated heterocycles. The second-order valence-electron chi connectivity index (χ2n) is 5.67. The quantitative estimate of drug-likeness (QED) is 0.906. The van der Waals surface area contributed by atoms with Gasteiger partial charge < -0.3 is 10.6 Å². The number of rotatable bonds is 3. The van der Waals surface area contributed by atoms with E-state index in [4.69, 9.17) is 5.73 Å². The minimum absolute atomic E-state index is 0.101. The number of hydrogen-bond acceptors (Lipinski definition) is 2. The lowest BCUT2D eigenvalue weighted by atomic mass is 9.95. The van der Waals surface area contributed by atoms with Crippen LogP contribution in [0.25, 0.3) is 0 Å². The van der Waals surface area contributed by atoms with Crippen LogP contribution in [0.15, 0.2) is 30.3 Å². The fourth-order valence-corrected chi connectivity index (χ4v) is 3.00. The van der Waals surface area contributed by atoms with Gasteiger partial charge in [0, 0.05) is 12.1 Å². The summed E-state index contributed by atoms with van der Waals surface area (Å²) in [6.07, 6.45) is 4.01. The molecule has 0 radical (unpaired) electrons. The molecule has 104 valence electrons. The first kappa shape index (κ1) is 14.1. The summed E-state index contributed by atoms with van der Waals surface area (Å²) in [5.41, 5.74) is 7.24. The van der Waals surface area contributed by atoms with E-state index in [1.807, 2.05) is 35.2 Å². The van der Waals surface area contributed by atoms with Crippen LogP contribution in [0.1, 0.15) is 38.7 Å². The molecular formula is C16H24N2O. The number of nitrogens with two attached hydrogens (primary N) is 1. The van der Waals surface area contributed by atoms with Gasteiger partial charge in [-0.05, 0) is 45.1 Å². The molecule has 19 heavy (non-hydrogen) atoms. The van der Waals surface area contributed by atoms with Crippen molar-refractivity contribution in [3.8, 4) is 0 Å². The molecule has 1 aromatic rings. The number of amides is 1. The molecule has 3 heteroatoms. The summed E-state index contributed by atoms with van der Waals surface area (Å²) in [6.45, 7) is 4.26. The maximum Gasteiger partial charge on any atom is 0.240 e. The zero-order valence-electron chi connectivity index (χ0n) is 11.9. The number of carbonyl (C=O) groups is 1. The van der Waals surface area contributed by atoms with Crippen molar-refractivity contribution >= 4 is 5.91 Å². The standard InChI is InChI=1S/C16H24N2O/c1-12-7-6-8-13(2)18(12)16(19)15(17)11-14-9-4-3-5-10-14/h3-5,9-10,12-13,15H,6-8,11,17H2,1-2H3/t12-,13+,15-/m0/s1. The predicted molar refractivity (Wildman–Crippen MR) is 77.7 cm³/mol. The third-order valence-electron chi connectivity index (χ3n) is 4.06. The van der Waals surface area contributed by atoms with Crippen molar-refractivity contribution in [1.82, 2.24) is 4.90 Å². The normalized spacial score (nSPS) is 25.1. The van der Waals surface area contributed by atoms with Gasteiger partial charge in [-0.25, -0.2) is 0 Å². The molecule has 3 atom stereocenters. The molecule has 0 spiro atoms. The lowest BCUT2D eigenvalue weighted by Gasteiger charge is -2.40. The highest BCUT2D eigenvalue weighted by molar-refractivity contribution is 5.82. The van der Waals surface area contributed by atoms with Crippen LogP contribution in [0, 0.1) is 0 Å². The molecule has 1 fully saturated rings. The van der Waals surface area contributed by atoms with E-state index < -0.39 is 6.04 Å². The van der Waals surface area contributed by atoms with Crippen molar-refractivity contribution in [2.75, 3.05) is 0 Å². The maximum absolute atomic E-state index is 12.5. The third-order valence-corrected chi connectivity index (χ3v) is 4.06. The smallest absolute Gasteiger partial charge is 0.240 e. The second-order valence-corrected chi connectivity index (χ2v) is 5.67. The van der Waals surface area contributed by atoms with Crippen LogP contribution >= 0.6 is 0 Å². The minimum Gasteiger partial charge on any atom is -0.336 e. The Morgan fingerprint density at radius 3 is 2.42 bits per heavy atom. The summed E-state index contributed by atoms with van der Waals surface area (Å²) < 4.78 is 0. The lowest BCUT2D eigenvalue weighted by Crippen LogP contribution is -2.54. The fourth-order valence-electron chi connectivity index (χ4n) is 3.00. The molecule has 1 amide bonds. The number of piperidine rings is 1. The number of carbonyl (C=O) groups excluding carboxylic acids is 1. The molecule has 1 aromatic carbocycles. The summed E-state index contributed by atoms with van der Waals surface area (Å²) in [4.78, 5) is 14.5. The predicted octanol–water partition coefficient (Wildman–Crippen LogP) is 2.35. The molecule has 0 saturated carbocycles. The van der Waals surface area contributed by atoms with Crippen LogP contribution in [0.2, 0.25) is 0 Å². The van der Waals surface area contributed by atoms with Crippen molar-refractivity contribution in [3.05, 3.63) is 35.9 Å². The van der Waals surface area contributed by atoms with Gasteiger partial charge in [0.2, 0.25) is 5.91 Å². The van der Waals surface area contributed by atoms with Gasteiger partial charge in [0.1, 0.15) is 0 Å². The highest BCUT2D eigenvalue weighted by Crippen LogP contribution is 2.23. The van der Waals surface area contributed by atoms with E-state index in [1.165, 1.54) is 6.42 Å². The van der Waals surface area contributed by atoms with Crippen LogP contribution in [0.3, 0.4) is 0 Å². The Morgan fingerprint density at radius 2 is 1.84 bits per heavy atom. The number of hydrogen-bond donors (Lipinski definition) is 1. The van der Waals surface area contributed by atoms with Crippen LogP contribution in [0.4, 0.5) is 0 Å². The largest absolute Gasteiger partial charge is 0.336 e. The molecule has 1 heterocycles. The summed E-state index contributed by atoms with van der Waals surface area (Å²) >= 11 is 0. The second kappa shape index (κ2) is 6.20. The zero-order chi connectivity index (χ0) is 13.8. The van der Waals surface area contributed by atoms with Crippen molar-refractivity contribution in [3.63, 3.8) is 0 Å². The van der Waals surface area contributed by atoms with Gasteiger partial charge in [0.05, 0.1) is 6.04 Å². The van der Waals surface area contributed by atoms with E-state index in [-0.39, 0.29) is 5.91 Å². The molecule has 1 aliphatic heterocycles. The first-order valence-electron chi connectivity index (χ1n) is 7.21. The van der Waals surface area contributed by atoms with Crippen LogP contribution in [-0.2, 0) is 11.2 Å². The molecule has 3 nitrogen and oxygen atoms in total. The van der Waals surface area contributed by atoms with Crippen LogP contribution in [0.5, 0.6) is 0 Å². The van der Waals surface area contributed by atoms with E-state index in [0.29, 0.717) is 18.5 Å². The molecule has 0 unspecified atom stereocenters. The van der Waals surface area contributed by atoms with Gasteiger partial charge in [-0.1, -0.05) is 30.3 Å². The van der Waals surface area contributed by atoms with Gasteiger partial charge in [-0.3, -0.25) is 4.79 Å². The minimum atomic E-state index is -0.426. The van der Waals surface area contributed by atoms with Crippen molar-refractivity contribution in [1.29, 1.82) is 0 Å². The van der Waals surface area contributed by atoms with E-state index >= 15 is 0 Å². The SMILES string of the molecule is C[C@@H]1CCC[C@H](C)N1C(=O)[C@@H](N)Cc1ccccc1. The van der Waals surface area contributed by atoms with Gasteiger partial charge in [0.25, 0.3) is 0 Å². The monoisotopic (exact) mass is 260 g/mol. The molecule has 2 rings (SSSR count). The number of likely N-dealkylation sites (tertiary alicyclic amines) is 1. The third kappa shape index (κ3) is 3.35. The van der Waals surface area contributed by atoms with Crippen molar-refractivity contribution < 1.29 is 4.79 Å². The van der Waals surface area contributed by atoms with E-state index in [1.54, 1.807) is 0 Å². The van der Waals surface area contributed by atoms with Crippen molar-refractivity contribution in [2.24, 2.45) is 5.73 Å². The highest BCUT2D eigenvalue weighted by atomic mass is 16.2.